The summed E-state index contributed by atoms with van der Waals surface area (Å²) in [6.45, 7) is 1.77. The van der Waals surface area contributed by atoms with E-state index >= 15 is 0 Å². The number of likely N-dealkylation sites (N-methyl/N-ethyl adjacent to an activating group) is 1. The molecule has 0 saturated heterocycles. The fourth-order valence-corrected chi connectivity index (χ4v) is 6.60. The molecule has 12 nitrogen and oxygen atoms in total. The number of carbonyl (C=O) groups is 5. The van der Waals surface area contributed by atoms with Crippen LogP contribution in [0.15, 0.2) is 84.9 Å². The fraction of sp³-hybridized carbons (Fsp3) is 0.256. The standard InChI is InChI=1S/C39H38ClN5O7/c1-21-35(46)44-32(39(50)51)18-22-3-14-33-30(17-22)29-19-26(8-9-27(29)20-52-33)34(37(48)42-21)45(2)38(49)31(15-16-41)43-36(47)25-6-4-23(5-7-25)24-10-12-28(40)13-11-24/h3-14,17,19,21,31-32,34H,15-16,18,20,41H2,1-2H3,(H,42,48)(H,43,47)(H,44,46)(H,50,51)/t21-,31-,32-,34-/m0/s1. The molecule has 6 rings (SSSR count). The van der Waals surface area contributed by atoms with E-state index in [1.54, 1.807) is 60.7 Å². The van der Waals surface area contributed by atoms with Crippen molar-refractivity contribution in [1.82, 2.24) is 20.9 Å². The number of ether oxygens (including phenoxy) is 1. The Bertz CT molecular complexity index is 2040. The summed E-state index contributed by atoms with van der Waals surface area (Å²) < 4.78 is 5.96. The number of nitrogens with zero attached hydrogens (tertiary/aromatic N) is 1. The van der Waals surface area contributed by atoms with Gasteiger partial charge in [-0.25, -0.2) is 4.79 Å². The minimum absolute atomic E-state index is 0.00462. The van der Waals surface area contributed by atoms with E-state index in [0.29, 0.717) is 33.0 Å². The van der Waals surface area contributed by atoms with E-state index in [2.05, 4.69) is 16.0 Å². The lowest BCUT2D eigenvalue weighted by atomic mass is 9.90. The van der Waals surface area contributed by atoms with Crippen LogP contribution in [0.2, 0.25) is 5.02 Å². The van der Waals surface area contributed by atoms with Crippen LogP contribution < -0.4 is 26.4 Å². The van der Waals surface area contributed by atoms with Crippen molar-refractivity contribution in [3.05, 3.63) is 112 Å². The molecule has 2 aliphatic heterocycles. The summed E-state index contributed by atoms with van der Waals surface area (Å²) in [6, 6.07) is 20.1. The highest BCUT2D eigenvalue weighted by molar-refractivity contribution is 6.30. The molecule has 4 aromatic carbocycles. The van der Waals surface area contributed by atoms with Crippen molar-refractivity contribution in [1.29, 1.82) is 0 Å². The number of benzene rings is 4. The maximum absolute atomic E-state index is 14.2. The van der Waals surface area contributed by atoms with Crippen molar-refractivity contribution >= 4 is 41.2 Å². The van der Waals surface area contributed by atoms with Crippen molar-refractivity contribution in [2.45, 2.75) is 50.5 Å². The highest BCUT2D eigenvalue weighted by Gasteiger charge is 2.36. The number of aliphatic carboxylic acids is 1. The van der Waals surface area contributed by atoms with Crippen LogP contribution in [-0.2, 0) is 32.2 Å². The van der Waals surface area contributed by atoms with Crippen LogP contribution in [0.3, 0.4) is 0 Å². The molecule has 0 unspecified atom stereocenters. The molecule has 0 fully saturated rings. The number of nitrogens with two attached hydrogens (primary N) is 1. The average molecular weight is 724 g/mol. The summed E-state index contributed by atoms with van der Waals surface area (Å²) in [4.78, 5) is 68.3. The van der Waals surface area contributed by atoms with Gasteiger partial charge in [-0.1, -0.05) is 54.1 Å². The van der Waals surface area contributed by atoms with Gasteiger partial charge in [-0.05, 0) is 95.7 Å². The lowest BCUT2D eigenvalue weighted by Gasteiger charge is -2.33. The highest BCUT2D eigenvalue weighted by atomic mass is 35.5. The van der Waals surface area contributed by atoms with Crippen LogP contribution in [0.1, 0.15) is 46.4 Å². The Balaban J connectivity index is 1.32. The Labute approximate surface area is 305 Å². The Morgan fingerprint density at radius 1 is 0.942 bits per heavy atom. The van der Waals surface area contributed by atoms with E-state index in [-0.39, 0.29) is 26.0 Å². The average Bonchev–Trinajstić information content (AvgIpc) is 3.13. The van der Waals surface area contributed by atoms with Gasteiger partial charge in [0.25, 0.3) is 5.91 Å². The first-order valence-corrected chi connectivity index (χ1v) is 17.2. The van der Waals surface area contributed by atoms with Crippen LogP contribution in [0.25, 0.3) is 22.3 Å². The Hall–Kier alpha value is -5.72. The zero-order chi connectivity index (χ0) is 37.1. The first-order valence-electron chi connectivity index (χ1n) is 16.8. The van der Waals surface area contributed by atoms with Gasteiger partial charge >= 0.3 is 5.97 Å². The van der Waals surface area contributed by atoms with Crippen molar-refractivity contribution in [2.75, 3.05) is 13.6 Å². The summed E-state index contributed by atoms with van der Waals surface area (Å²) in [5.41, 5.74) is 11.4. The second kappa shape index (κ2) is 15.3. The number of carbonyl (C=O) groups excluding carboxylic acids is 4. The van der Waals surface area contributed by atoms with Crippen LogP contribution in [0.5, 0.6) is 5.75 Å². The van der Waals surface area contributed by atoms with Gasteiger partial charge in [-0.2, -0.15) is 0 Å². The first-order chi connectivity index (χ1) is 24.9. The number of halogens is 1. The normalized spacial score (nSPS) is 18.6. The number of carboxylic acids is 1. The molecule has 0 radical (unpaired) electrons. The predicted molar refractivity (Wildman–Crippen MR) is 194 cm³/mol. The molecule has 4 aromatic rings. The third-order valence-corrected chi connectivity index (χ3v) is 9.59. The van der Waals surface area contributed by atoms with E-state index in [9.17, 15) is 29.1 Å². The van der Waals surface area contributed by atoms with Crippen LogP contribution >= 0.6 is 11.6 Å². The van der Waals surface area contributed by atoms with Crippen molar-refractivity contribution in [3.8, 4) is 28.0 Å². The molecular weight excluding hydrogens is 686 g/mol. The number of amides is 4. The molecule has 13 heteroatoms. The highest BCUT2D eigenvalue weighted by Crippen LogP contribution is 2.40. The van der Waals surface area contributed by atoms with Gasteiger partial charge in [0.2, 0.25) is 17.7 Å². The molecule has 2 aliphatic rings. The van der Waals surface area contributed by atoms with Gasteiger partial charge in [-0.15, -0.1) is 0 Å². The van der Waals surface area contributed by atoms with Gasteiger partial charge in [0.1, 0.15) is 36.5 Å². The van der Waals surface area contributed by atoms with E-state index in [0.717, 1.165) is 22.3 Å². The lowest BCUT2D eigenvalue weighted by Crippen LogP contribution is -2.55. The predicted octanol–water partition coefficient (Wildman–Crippen LogP) is 3.84. The SMILES string of the molecule is C[C@@H]1NC(=O)[C@@H](N(C)C(=O)[C@H](CCN)NC(=O)c2ccc(-c3ccc(Cl)cc3)cc2)c2ccc3c(c2)-c2cc(ccc2OC3)C[C@@H](C(=O)O)NC1=O. The molecule has 2 heterocycles. The molecule has 0 saturated carbocycles. The zero-order valence-electron chi connectivity index (χ0n) is 28.5. The van der Waals surface area contributed by atoms with Crippen LogP contribution in [0, 0.1) is 0 Å². The second-order valence-electron chi connectivity index (χ2n) is 12.9. The molecule has 4 amide bonds. The van der Waals surface area contributed by atoms with Crippen molar-refractivity contribution < 1.29 is 33.8 Å². The number of fused-ring (bicyclic) bond motifs is 2. The summed E-state index contributed by atoms with van der Waals surface area (Å²) >= 11 is 6.01. The molecule has 52 heavy (non-hydrogen) atoms. The molecule has 0 spiro atoms. The Morgan fingerprint density at radius 3 is 2.31 bits per heavy atom. The summed E-state index contributed by atoms with van der Waals surface area (Å²) in [6.07, 6.45) is 0.0871. The first kappa shape index (κ1) is 36.1. The lowest BCUT2D eigenvalue weighted by molar-refractivity contribution is -0.143. The number of carboxylic acid groups (broad SMARTS) is 1. The molecule has 6 N–H and O–H groups in total. The van der Waals surface area contributed by atoms with Crippen molar-refractivity contribution in [3.63, 3.8) is 0 Å². The van der Waals surface area contributed by atoms with Gasteiger partial charge in [0.05, 0.1) is 0 Å². The van der Waals surface area contributed by atoms with Gasteiger partial charge in [-0.3, -0.25) is 19.2 Å². The Kier molecular flexibility index (Phi) is 10.6. The molecule has 4 bridgehead atoms. The van der Waals surface area contributed by atoms with Crippen molar-refractivity contribution in [2.24, 2.45) is 5.73 Å². The number of nitrogens with one attached hydrogen (secondary N) is 3. The molecule has 268 valence electrons. The molecule has 4 atom stereocenters. The van der Waals surface area contributed by atoms with E-state index in [4.69, 9.17) is 22.1 Å². The largest absolute Gasteiger partial charge is 0.488 e. The summed E-state index contributed by atoms with van der Waals surface area (Å²) in [5.74, 6) is -3.13. The maximum atomic E-state index is 14.2. The van der Waals surface area contributed by atoms with Gasteiger partial charge in [0, 0.05) is 29.6 Å². The number of hydrogen-bond donors (Lipinski definition) is 5. The molecular formula is C39H38ClN5O7. The monoisotopic (exact) mass is 723 g/mol. The maximum Gasteiger partial charge on any atom is 0.326 e. The third kappa shape index (κ3) is 7.63. The van der Waals surface area contributed by atoms with E-state index in [1.165, 1.54) is 18.9 Å². The third-order valence-electron chi connectivity index (χ3n) is 9.34. The van der Waals surface area contributed by atoms with Crippen LogP contribution in [0.4, 0.5) is 0 Å². The van der Waals surface area contributed by atoms with E-state index < -0.39 is 53.8 Å². The molecule has 0 aliphatic carbocycles. The fourth-order valence-electron chi connectivity index (χ4n) is 6.47. The second-order valence-corrected chi connectivity index (χ2v) is 13.3. The topological polar surface area (TPSA) is 180 Å². The summed E-state index contributed by atoms with van der Waals surface area (Å²) in [7, 11) is 1.45. The zero-order valence-corrected chi connectivity index (χ0v) is 29.3. The number of hydrogen-bond acceptors (Lipinski definition) is 7. The van der Waals surface area contributed by atoms with Gasteiger partial charge in [0.15, 0.2) is 0 Å². The Morgan fingerprint density at radius 2 is 1.63 bits per heavy atom. The molecule has 0 aromatic heterocycles. The van der Waals surface area contributed by atoms with E-state index in [1.807, 2.05) is 24.3 Å². The van der Waals surface area contributed by atoms with Crippen LogP contribution in [-0.4, -0.2) is 71.3 Å². The smallest absolute Gasteiger partial charge is 0.326 e. The minimum atomic E-state index is -1.27. The summed E-state index contributed by atoms with van der Waals surface area (Å²) in [5, 5.41) is 18.5. The number of rotatable bonds is 8. The minimum Gasteiger partial charge on any atom is -0.488 e. The van der Waals surface area contributed by atoms with Gasteiger partial charge < -0.3 is 36.4 Å². The quantitative estimate of drug-likeness (QED) is 0.182.